The number of hydrogen-bond acceptors (Lipinski definition) is 4. The standard InChI is InChI=1S/C10H10FN3O/c1-3-15-10-5-8-9(4-7(10)11)14-13-6(2)12-8/h4-5H,3H2,1-2H3. The van der Waals surface area contributed by atoms with E-state index in [2.05, 4.69) is 15.2 Å². The minimum atomic E-state index is -0.440. The van der Waals surface area contributed by atoms with Crippen LogP contribution in [0.4, 0.5) is 4.39 Å². The Balaban J connectivity index is 2.61. The van der Waals surface area contributed by atoms with E-state index in [1.54, 1.807) is 13.8 Å². The molecule has 2 aromatic rings. The van der Waals surface area contributed by atoms with Gasteiger partial charge in [0.1, 0.15) is 11.3 Å². The highest BCUT2D eigenvalue weighted by Crippen LogP contribution is 2.21. The summed E-state index contributed by atoms with van der Waals surface area (Å²) in [4.78, 5) is 4.14. The maximum Gasteiger partial charge on any atom is 0.167 e. The van der Waals surface area contributed by atoms with Crippen LogP contribution < -0.4 is 4.74 Å². The van der Waals surface area contributed by atoms with E-state index in [1.165, 1.54) is 12.1 Å². The van der Waals surface area contributed by atoms with Gasteiger partial charge in [-0.3, -0.25) is 0 Å². The van der Waals surface area contributed by atoms with Crippen molar-refractivity contribution in [3.63, 3.8) is 0 Å². The maximum atomic E-state index is 13.4. The number of halogens is 1. The molecule has 0 aliphatic rings. The summed E-state index contributed by atoms with van der Waals surface area (Å²) in [6, 6.07) is 2.82. The van der Waals surface area contributed by atoms with Crippen LogP contribution >= 0.6 is 0 Å². The van der Waals surface area contributed by atoms with Crippen LogP contribution in [0, 0.1) is 12.7 Å². The van der Waals surface area contributed by atoms with Crippen LogP contribution in [-0.4, -0.2) is 21.8 Å². The van der Waals surface area contributed by atoms with Crippen LogP contribution in [0.1, 0.15) is 12.7 Å². The Morgan fingerprint density at radius 1 is 1.27 bits per heavy atom. The molecule has 0 fully saturated rings. The lowest BCUT2D eigenvalue weighted by atomic mass is 10.3. The summed E-state index contributed by atoms with van der Waals surface area (Å²) in [5.74, 6) is 0.311. The Labute approximate surface area is 86.1 Å². The number of rotatable bonds is 2. The molecule has 78 valence electrons. The van der Waals surface area contributed by atoms with Gasteiger partial charge in [0, 0.05) is 12.1 Å². The Morgan fingerprint density at radius 2 is 2.07 bits per heavy atom. The number of ether oxygens (including phenoxy) is 1. The summed E-state index contributed by atoms with van der Waals surface area (Å²) in [5, 5.41) is 7.59. The smallest absolute Gasteiger partial charge is 0.167 e. The summed E-state index contributed by atoms with van der Waals surface area (Å²) in [7, 11) is 0. The first kappa shape index (κ1) is 9.76. The average molecular weight is 207 g/mol. The third kappa shape index (κ3) is 1.86. The Morgan fingerprint density at radius 3 is 2.80 bits per heavy atom. The minimum absolute atomic E-state index is 0.199. The first-order valence-corrected chi connectivity index (χ1v) is 4.64. The number of hydrogen-bond donors (Lipinski definition) is 0. The van der Waals surface area contributed by atoms with Crippen LogP contribution in [0.5, 0.6) is 5.75 Å². The third-order valence-electron chi connectivity index (χ3n) is 1.91. The van der Waals surface area contributed by atoms with Crippen LogP contribution in [0.15, 0.2) is 12.1 Å². The quantitative estimate of drug-likeness (QED) is 0.754. The Bertz CT molecular complexity index is 501. The lowest BCUT2D eigenvalue weighted by Crippen LogP contribution is -1.98. The van der Waals surface area contributed by atoms with Gasteiger partial charge < -0.3 is 4.74 Å². The molecule has 0 radical (unpaired) electrons. The molecule has 0 unspecified atom stereocenters. The average Bonchev–Trinajstić information content (AvgIpc) is 2.20. The molecule has 15 heavy (non-hydrogen) atoms. The van der Waals surface area contributed by atoms with E-state index >= 15 is 0 Å². The summed E-state index contributed by atoms with van der Waals surface area (Å²) in [5.41, 5.74) is 1.02. The second-order valence-corrected chi connectivity index (χ2v) is 3.06. The van der Waals surface area contributed by atoms with E-state index in [1.807, 2.05) is 0 Å². The molecule has 0 amide bonds. The molecule has 0 saturated carbocycles. The van der Waals surface area contributed by atoms with E-state index in [0.29, 0.717) is 23.5 Å². The topological polar surface area (TPSA) is 47.9 Å². The van der Waals surface area contributed by atoms with Crippen molar-refractivity contribution >= 4 is 11.0 Å². The zero-order valence-corrected chi connectivity index (χ0v) is 8.49. The van der Waals surface area contributed by atoms with Gasteiger partial charge in [-0.05, 0) is 13.8 Å². The maximum absolute atomic E-state index is 13.4. The molecule has 0 spiro atoms. The zero-order chi connectivity index (χ0) is 10.8. The highest BCUT2D eigenvalue weighted by atomic mass is 19.1. The van der Waals surface area contributed by atoms with Gasteiger partial charge in [-0.1, -0.05) is 0 Å². The van der Waals surface area contributed by atoms with Crippen molar-refractivity contribution < 1.29 is 9.13 Å². The summed E-state index contributed by atoms with van der Waals surface area (Å²) in [6.45, 7) is 3.95. The summed E-state index contributed by atoms with van der Waals surface area (Å²) < 4.78 is 18.5. The SMILES string of the molecule is CCOc1cc2nc(C)nnc2cc1F. The molecular weight excluding hydrogens is 197 g/mol. The number of fused-ring (bicyclic) bond motifs is 1. The second kappa shape index (κ2) is 3.76. The van der Waals surface area contributed by atoms with Crippen molar-refractivity contribution in [3.8, 4) is 5.75 Å². The molecule has 4 nitrogen and oxygen atoms in total. The van der Waals surface area contributed by atoms with E-state index < -0.39 is 5.82 Å². The molecule has 1 heterocycles. The summed E-state index contributed by atoms with van der Waals surface area (Å²) in [6.07, 6.45) is 0. The molecule has 0 bridgehead atoms. The number of benzene rings is 1. The molecule has 1 aromatic carbocycles. The highest BCUT2D eigenvalue weighted by molar-refractivity contribution is 5.75. The predicted octanol–water partition coefficient (Wildman–Crippen LogP) is 1.87. The van der Waals surface area contributed by atoms with Crippen LogP contribution in [0.3, 0.4) is 0 Å². The van der Waals surface area contributed by atoms with E-state index in [9.17, 15) is 4.39 Å². The molecule has 0 N–H and O–H groups in total. The van der Waals surface area contributed by atoms with E-state index in [0.717, 1.165) is 0 Å². The number of nitrogens with zero attached hydrogens (tertiary/aromatic N) is 3. The predicted molar refractivity (Wildman–Crippen MR) is 53.2 cm³/mol. The fraction of sp³-hybridized carbons (Fsp3) is 0.300. The first-order chi connectivity index (χ1) is 7.20. The highest BCUT2D eigenvalue weighted by Gasteiger charge is 2.07. The molecule has 0 saturated heterocycles. The summed E-state index contributed by atoms with van der Waals surface area (Å²) >= 11 is 0. The molecule has 0 aliphatic carbocycles. The van der Waals surface area contributed by atoms with Gasteiger partial charge in [0.25, 0.3) is 0 Å². The van der Waals surface area contributed by atoms with Gasteiger partial charge in [-0.15, -0.1) is 10.2 Å². The van der Waals surface area contributed by atoms with Crippen molar-refractivity contribution in [2.45, 2.75) is 13.8 Å². The first-order valence-electron chi connectivity index (χ1n) is 4.64. The van der Waals surface area contributed by atoms with E-state index in [4.69, 9.17) is 4.74 Å². The van der Waals surface area contributed by atoms with Crippen LogP contribution in [-0.2, 0) is 0 Å². The van der Waals surface area contributed by atoms with Gasteiger partial charge in [0.15, 0.2) is 11.6 Å². The van der Waals surface area contributed by atoms with E-state index in [-0.39, 0.29) is 5.75 Å². The lowest BCUT2D eigenvalue weighted by Gasteiger charge is -2.05. The molecule has 2 rings (SSSR count). The fourth-order valence-corrected chi connectivity index (χ4v) is 1.29. The second-order valence-electron chi connectivity index (χ2n) is 3.06. The van der Waals surface area contributed by atoms with Crippen LogP contribution in [0.2, 0.25) is 0 Å². The Kier molecular flexibility index (Phi) is 2.45. The number of aromatic nitrogens is 3. The Hall–Kier alpha value is -1.78. The normalized spacial score (nSPS) is 10.6. The largest absolute Gasteiger partial charge is 0.491 e. The minimum Gasteiger partial charge on any atom is -0.491 e. The van der Waals surface area contributed by atoms with Crippen molar-refractivity contribution in [1.29, 1.82) is 0 Å². The van der Waals surface area contributed by atoms with Gasteiger partial charge in [0.2, 0.25) is 0 Å². The van der Waals surface area contributed by atoms with Crippen LogP contribution in [0.25, 0.3) is 11.0 Å². The molecular formula is C10H10FN3O. The van der Waals surface area contributed by atoms with Gasteiger partial charge in [0.05, 0.1) is 12.1 Å². The van der Waals surface area contributed by atoms with Crippen molar-refractivity contribution in [2.75, 3.05) is 6.61 Å². The molecule has 0 aliphatic heterocycles. The van der Waals surface area contributed by atoms with Gasteiger partial charge in [-0.2, -0.15) is 0 Å². The van der Waals surface area contributed by atoms with Gasteiger partial charge >= 0.3 is 0 Å². The molecule has 0 atom stereocenters. The fourth-order valence-electron chi connectivity index (χ4n) is 1.29. The third-order valence-corrected chi connectivity index (χ3v) is 1.91. The lowest BCUT2D eigenvalue weighted by molar-refractivity contribution is 0.322. The molecule has 5 heteroatoms. The number of aryl methyl sites for hydroxylation is 1. The zero-order valence-electron chi connectivity index (χ0n) is 8.49. The van der Waals surface area contributed by atoms with Crippen molar-refractivity contribution in [3.05, 3.63) is 23.8 Å². The van der Waals surface area contributed by atoms with Crippen molar-refractivity contribution in [1.82, 2.24) is 15.2 Å². The molecule has 1 aromatic heterocycles. The van der Waals surface area contributed by atoms with Crippen molar-refractivity contribution in [2.24, 2.45) is 0 Å². The monoisotopic (exact) mass is 207 g/mol. The van der Waals surface area contributed by atoms with Gasteiger partial charge in [-0.25, -0.2) is 9.37 Å².